The van der Waals surface area contributed by atoms with E-state index in [1.807, 2.05) is 12.3 Å². The molecular formula is C17H19N5O3. The van der Waals surface area contributed by atoms with Crippen molar-refractivity contribution < 1.29 is 9.72 Å². The molecule has 0 aliphatic rings. The van der Waals surface area contributed by atoms with Crippen LogP contribution in [0.25, 0.3) is 10.9 Å². The first-order valence-corrected chi connectivity index (χ1v) is 8.03. The van der Waals surface area contributed by atoms with Gasteiger partial charge < -0.3 is 10.3 Å². The lowest BCUT2D eigenvalue weighted by Crippen LogP contribution is -2.26. The number of aromatic nitrogens is 3. The summed E-state index contributed by atoms with van der Waals surface area (Å²) in [5.41, 5.74) is 3.42. The van der Waals surface area contributed by atoms with Gasteiger partial charge in [-0.1, -0.05) is 18.2 Å². The van der Waals surface area contributed by atoms with Gasteiger partial charge in [0, 0.05) is 36.6 Å². The number of amides is 1. The van der Waals surface area contributed by atoms with E-state index in [-0.39, 0.29) is 18.0 Å². The van der Waals surface area contributed by atoms with Crippen molar-refractivity contribution in [2.45, 2.75) is 26.3 Å². The fourth-order valence-corrected chi connectivity index (χ4v) is 2.78. The lowest BCUT2D eigenvalue weighted by atomic mass is 10.1. The summed E-state index contributed by atoms with van der Waals surface area (Å²) in [5.74, 6) is -0.103. The Morgan fingerprint density at radius 1 is 1.44 bits per heavy atom. The molecule has 25 heavy (non-hydrogen) atoms. The van der Waals surface area contributed by atoms with Gasteiger partial charge >= 0.3 is 5.69 Å². The number of carbonyl (C=O) groups is 1. The molecule has 0 atom stereocenters. The third-order valence-corrected chi connectivity index (χ3v) is 4.12. The maximum absolute atomic E-state index is 11.9. The molecule has 2 N–H and O–H groups in total. The van der Waals surface area contributed by atoms with Crippen LogP contribution in [0.4, 0.5) is 5.69 Å². The Kier molecular flexibility index (Phi) is 4.78. The van der Waals surface area contributed by atoms with Crippen LogP contribution in [0.2, 0.25) is 0 Å². The fraction of sp³-hybridized carbons (Fsp3) is 0.294. The number of hydrogen-bond acceptors (Lipinski definition) is 4. The van der Waals surface area contributed by atoms with E-state index in [4.69, 9.17) is 0 Å². The molecule has 8 heteroatoms. The molecule has 2 aromatic heterocycles. The maximum Gasteiger partial charge on any atom is 0.306 e. The second-order valence-electron chi connectivity index (χ2n) is 5.88. The van der Waals surface area contributed by atoms with E-state index in [2.05, 4.69) is 34.5 Å². The van der Waals surface area contributed by atoms with Gasteiger partial charge in [0.1, 0.15) is 12.4 Å². The third-order valence-electron chi connectivity index (χ3n) is 4.12. The second-order valence-corrected chi connectivity index (χ2v) is 5.88. The Morgan fingerprint density at radius 2 is 2.28 bits per heavy atom. The molecule has 0 saturated heterocycles. The van der Waals surface area contributed by atoms with Crippen molar-refractivity contribution in [2.24, 2.45) is 0 Å². The lowest BCUT2D eigenvalue weighted by molar-refractivity contribution is -0.385. The summed E-state index contributed by atoms with van der Waals surface area (Å²) in [6.45, 7) is 2.91. The molecule has 0 aliphatic heterocycles. The minimum absolute atomic E-state index is 0.0740. The number of carbonyl (C=O) groups excluding carboxylic acids is 1. The van der Waals surface area contributed by atoms with Crippen LogP contribution in [0, 0.1) is 17.0 Å². The number of nitrogens with one attached hydrogen (secondary N) is 2. The van der Waals surface area contributed by atoms with Crippen LogP contribution in [0.1, 0.15) is 17.5 Å². The molecule has 0 spiro atoms. The minimum Gasteiger partial charge on any atom is -0.361 e. The van der Waals surface area contributed by atoms with Crippen LogP contribution < -0.4 is 5.32 Å². The van der Waals surface area contributed by atoms with Gasteiger partial charge in [-0.15, -0.1) is 0 Å². The van der Waals surface area contributed by atoms with E-state index in [1.165, 1.54) is 33.6 Å². The number of fused-ring (bicyclic) bond motifs is 1. The third kappa shape index (κ3) is 3.85. The van der Waals surface area contributed by atoms with Gasteiger partial charge in [0.05, 0.1) is 4.92 Å². The quantitative estimate of drug-likeness (QED) is 0.508. The van der Waals surface area contributed by atoms with Crippen LogP contribution >= 0.6 is 0 Å². The average molecular weight is 341 g/mol. The van der Waals surface area contributed by atoms with Crippen molar-refractivity contribution in [3.63, 3.8) is 0 Å². The van der Waals surface area contributed by atoms with Crippen LogP contribution in [-0.2, 0) is 17.8 Å². The van der Waals surface area contributed by atoms with Gasteiger partial charge in [0.2, 0.25) is 5.91 Å². The fourth-order valence-electron chi connectivity index (χ4n) is 2.78. The van der Waals surface area contributed by atoms with E-state index in [1.54, 1.807) is 0 Å². The van der Waals surface area contributed by atoms with E-state index in [9.17, 15) is 14.9 Å². The van der Waals surface area contributed by atoms with E-state index in [0.29, 0.717) is 13.1 Å². The summed E-state index contributed by atoms with van der Waals surface area (Å²) in [7, 11) is 0. The van der Waals surface area contributed by atoms with Crippen molar-refractivity contribution in [1.82, 2.24) is 20.1 Å². The second kappa shape index (κ2) is 7.16. The number of aromatic amines is 1. The molecule has 0 bridgehead atoms. The highest BCUT2D eigenvalue weighted by Gasteiger charge is 2.10. The molecule has 130 valence electrons. The molecule has 0 saturated carbocycles. The highest BCUT2D eigenvalue weighted by Crippen LogP contribution is 2.21. The summed E-state index contributed by atoms with van der Waals surface area (Å²) < 4.78 is 1.40. The number of benzene rings is 1. The van der Waals surface area contributed by atoms with Gasteiger partial charge in [-0.05, 0) is 24.5 Å². The molecule has 3 aromatic rings. The Balaban J connectivity index is 1.47. The summed E-state index contributed by atoms with van der Waals surface area (Å²) >= 11 is 0. The van der Waals surface area contributed by atoms with E-state index < -0.39 is 4.92 Å². The zero-order valence-corrected chi connectivity index (χ0v) is 13.9. The standard InChI is InChI=1S/C17H19N5O3/c1-12-3-2-4-15-13(9-19-17(12)15)5-7-18-16(23)6-8-21-11-14(10-20-21)22(24)25/h2-4,9-11,19H,5-8H2,1H3,(H,18,23). The number of rotatable bonds is 7. The highest BCUT2D eigenvalue weighted by atomic mass is 16.6. The van der Waals surface area contributed by atoms with Gasteiger partial charge in [0.15, 0.2) is 0 Å². The number of aryl methyl sites for hydroxylation is 2. The predicted molar refractivity (Wildman–Crippen MR) is 93.2 cm³/mol. The maximum atomic E-state index is 11.9. The normalized spacial score (nSPS) is 10.9. The van der Waals surface area contributed by atoms with Crippen molar-refractivity contribution in [3.05, 3.63) is 58.0 Å². The lowest BCUT2D eigenvalue weighted by Gasteiger charge is -2.05. The smallest absolute Gasteiger partial charge is 0.306 e. The van der Waals surface area contributed by atoms with Crippen LogP contribution in [0.3, 0.4) is 0 Å². The summed E-state index contributed by atoms with van der Waals surface area (Å²) in [6, 6.07) is 6.15. The molecule has 0 unspecified atom stereocenters. The molecular weight excluding hydrogens is 322 g/mol. The largest absolute Gasteiger partial charge is 0.361 e. The SMILES string of the molecule is Cc1cccc2c(CCNC(=O)CCn3cc([N+](=O)[O-])cn3)c[nH]c12. The first-order valence-electron chi connectivity index (χ1n) is 8.03. The molecule has 3 rings (SSSR count). The van der Waals surface area contributed by atoms with Crippen molar-refractivity contribution in [2.75, 3.05) is 6.54 Å². The van der Waals surface area contributed by atoms with Crippen LogP contribution in [0.5, 0.6) is 0 Å². The van der Waals surface area contributed by atoms with Crippen LogP contribution in [-0.4, -0.2) is 32.1 Å². The van der Waals surface area contributed by atoms with Gasteiger partial charge in [-0.3, -0.25) is 19.6 Å². The van der Waals surface area contributed by atoms with Gasteiger partial charge in [0.25, 0.3) is 0 Å². The first kappa shape index (κ1) is 16.7. The van der Waals surface area contributed by atoms with Crippen molar-refractivity contribution in [1.29, 1.82) is 0 Å². The number of nitro groups is 1. The van der Waals surface area contributed by atoms with Gasteiger partial charge in [-0.25, -0.2) is 0 Å². The molecule has 1 aromatic carbocycles. The highest BCUT2D eigenvalue weighted by molar-refractivity contribution is 5.86. The zero-order valence-electron chi connectivity index (χ0n) is 13.9. The Morgan fingerprint density at radius 3 is 3.04 bits per heavy atom. The summed E-state index contributed by atoms with van der Waals surface area (Å²) in [4.78, 5) is 25.3. The molecule has 2 heterocycles. The Hall–Kier alpha value is -3.16. The predicted octanol–water partition coefficient (Wildman–Crippen LogP) is 2.33. The van der Waals surface area contributed by atoms with E-state index >= 15 is 0 Å². The number of nitrogens with zero attached hydrogens (tertiary/aromatic N) is 3. The van der Waals surface area contributed by atoms with Crippen molar-refractivity contribution >= 4 is 22.5 Å². The molecule has 0 aliphatic carbocycles. The Labute approximate surface area is 144 Å². The summed E-state index contributed by atoms with van der Waals surface area (Å²) in [6.07, 6.45) is 5.44. The Bertz CT molecular complexity index is 912. The summed E-state index contributed by atoms with van der Waals surface area (Å²) in [5, 5.41) is 18.5. The van der Waals surface area contributed by atoms with Gasteiger partial charge in [-0.2, -0.15) is 5.10 Å². The number of H-pyrrole nitrogens is 1. The molecule has 8 nitrogen and oxygen atoms in total. The molecule has 1 amide bonds. The topological polar surface area (TPSA) is 106 Å². The van der Waals surface area contributed by atoms with Crippen LogP contribution in [0.15, 0.2) is 36.8 Å². The van der Waals surface area contributed by atoms with Crippen molar-refractivity contribution in [3.8, 4) is 0 Å². The monoisotopic (exact) mass is 341 g/mol. The minimum atomic E-state index is -0.507. The first-order chi connectivity index (χ1) is 12.0. The molecule has 0 radical (unpaired) electrons. The number of hydrogen-bond donors (Lipinski definition) is 2. The number of para-hydroxylation sites is 1. The zero-order chi connectivity index (χ0) is 17.8. The average Bonchev–Trinajstić information content (AvgIpc) is 3.21. The van der Waals surface area contributed by atoms with E-state index in [0.717, 1.165) is 11.9 Å². The molecule has 0 fully saturated rings.